The second kappa shape index (κ2) is 10.00. The number of nitrogens with one attached hydrogen (secondary N) is 1. The van der Waals surface area contributed by atoms with E-state index in [4.69, 9.17) is 9.47 Å². The Balaban J connectivity index is 1.63. The van der Waals surface area contributed by atoms with Crippen molar-refractivity contribution in [1.29, 1.82) is 0 Å². The Morgan fingerprint density at radius 1 is 1.42 bits per heavy atom. The van der Waals surface area contributed by atoms with Crippen molar-refractivity contribution in [3.63, 3.8) is 0 Å². The molecule has 2 heterocycles. The molecule has 1 N–H and O–H groups in total. The number of ether oxygens (including phenoxy) is 2. The molecule has 1 aromatic rings. The van der Waals surface area contributed by atoms with Gasteiger partial charge in [-0.1, -0.05) is 12.2 Å². The van der Waals surface area contributed by atoms with Crippen molar-refractivity contribution in [3.8, 4) is 0 Å². The molecule has 1 aromatic heterocycles. The van der Waals surface area contributed by atoms with Gasteiger partial charge in [-0.05, 0) is 43.3 Å². The molecule has 3 rings (SSSR count). The molecule has 0 aromatic carbocycles. The van der Waals surface area contributed by atoms with Crippen LogP contribution in [0.2, 0.25) is 0 Å². The van der Waals surface area contributed by atoms with Crippen LogP contribution in [0.4, 0.5) is 5.82 Å². The van der Waals surface area contributed by atoms with Crippen molar-refractivity contribution in [3.05, 3.63) is 53.3 Å². The van der Waals surface area contributed by atoms with Crippen LogP contribution >= 0.6 is 0 Å². The van der Waals surface area contributed by atoms with Crippen molar-refractivity contribution < 1.29 is 19.1 Å². The first kappa shape index (κ1) is 22.9. The van der Waals surface area contributed by atoms with Crippen LogP contribution in [0.15, 0.2) is 42.1 Å². The molecule has 0 radical (unpaired) electrons. The van der Waals surface area contributed by atoms with Crippen LogP contribution in [0.3, 0.4) is 0 Å². The number of carbonyl (C=O) groups is 2. The van der Waals surface area contributed by atoms with E-state index in [9.17, 15) is 9.59 Å². The first-order chi connectivity index (χ1) is 14.8. The summed E-state index contributed by atoms with van der Waals surface area (Å²) in [5.74, 6) is -0.393. The van der Waals surface area contributed by atoms with Crippen LogP contribution in [0.5, 0.6) is 0 Å². The number of pyridine rings is 1. The molecule has 8 nitrogen and oxygen atoms in total. The van der Waals surface area contributed by atoms with Crippen LogP contribution < -0.4 is 5.32 Å². The number of anilines is 1. The molecule has 2 amide bonds. The summed E-state index contributed by atoms with van der Waals surface area (Å²) in [4.78, 5) is 32.4. The molecule has 0 spiro atoms. The molecule has 1 unspecified atom stereocenters. The number of rotatable bonds is 7. The molecular formula is C23H30N4O4. The minimum atomic E-state index is -0.769. The number of fused-ring (bicyclic) bond motifs is 1. The lowest BCUT2D eigenvalue weighted by Gasteiger charge is -2.33. The molecule has 1 aliphatic heterocycles. The summed E-state index contributed by atoms with van der Waals surface area (Å²) in [6.07, 6.45) is 11.3. The predicted octanol–water partition coefficient (Wildman–Crippen LogP) is 2.20. The van der Waals surface area contributed by atoms with Gasteiger partial charge in [-0.3, -0.25) is 14.5 Å². The second-order valence-corrected chi connectivity index (χ2v) is 7.83. The molecule has 31 heavy (non-hydrogen) atoms. The largest absolute Gasteiger partial charge is 0.349 e. The fraction of sp³-hybridized carbons (Fsp3) is 0.435. The third-order valence-corrected chi connectivity index (χ3v) is 5.22. The Kier molecular flexibility index (Phi) is 7.37. The monoisotopic (exact) mass is 426 g/mol. The molecule has 2 aliphatic rings. The first-order valence-electron chi connectivity index (χ1n) is 10.3. The van der Waals surface area contributed by atoms with Gasteiger partial charge in [0.2, 0.25) is 11.8 Å². The Bertz CT molecular complexity index is 924. The molecule has 1 aliphatic carbocycles. The summed E-state index contributed by atoms with van der Waals surface area (Å²) < 4.78 is 11.3. The van der Waals surface area contributed by atoms with E-state index >= 15 is 0 Å². The highest BCUT2D eigenvalue weighted by molar-refractivity contribution is 5.93. The SMILES string of the molecule is CCOC1(OC)C=CC=C(CN(C)C(=O)/C=C/c2cnc3c(c2)CN(C)CC(=O)N3)C1. The van der Waals surface area contributed by atoms with Gasteiger partial charge in [-0.25, -0.2) is 4.98 Å². The van der Waals surface area contributed by atoms with E-state index in [-0.39, 0.29) is 11.8 Å². The van der Waals surface area contributed by atoms with Crippen LogP contribution in [0.25, 0.3) is 6.08 Å². The number of carbonyl (C=O) groups excluding carboxylic acids is 2. The van der Waals surface area contributed by atoms with Gasteiger partial charge in [-0.15, -0.1) is 0 Å². The van der Waals surface area contributed by atoms with Gasteiger partial charge in [-0.2, -0.15) is 0 Å². The summed E-state index contributed by atoms with van der Waals surface area (Å²) in [6.45, 7) is 3.88. The van der Waals surface area contributed by atoms with Crippen molar-refractivity contribution in [2.24, 2.45) is 0 Å². The van der Waals surface area contributed by atoms with Gasteiger partial charge in [0.25, 0.3) is 0 Å². The summed E-state index contributed by atoms with van der Waals surface area (Å²) in [6, 6.07) is 1.94. The van der Waals surface area contributed by atoms with Gasteiger partial charge in [0, 0.05) is 58.1 Å². The zero-order valence-electron chi connectivity index (χ0n) is 18.6. The van der Waals surface area contributed by atoms with E-state index in [0.717, 1.165) is 16.7 Å². The van der Waals surface area contributed by atoms with Gasteiger partial charge in [0.15, 0.2) is 5.79 Å². The quantitative estimate of drug-likeness (QED) is 0.532. The van der Waals surface area contributed by atoms with Crippen molar-refractivity contribution in [1.82, 2.24) is 14.8 Å². The maximum absolute atomic E-state index is 12.6. The molecule has 0 saturated carbocycles. The average Bonchev–Trinajstić information content (AvgIpc) is 2.88. The van der Waals surface area contributed by atoms with E-state index in [1.54, 1.807) is 31.3 Å². The molecule has 1 atom stereocenters. The highest BCUT2D eigenvalue weighted by atomic mass is 16.7. The van der Waals surface area contributed by atoms with E-state index in [0.29, 0.717) is 38.5 Å². The molecule has 166 valence electrons. The minimum absolute atomic E-state index is 0.0810. The van der Waals surface area contributed by atoms with Crippen LogP contribution in [0.1, 0.15) is 24.5 Å². The Hall–Kier alpha value is -2.81. The Morgan fingerprint density at radius 2 is 2.23 bits per heavy atom. The molecule has 0 saturated heterocycles. The normalized spacial score (nSPS) is 21.4. The van der Waals surface area contributed by atoms with Crippen LogP contribution in [0, 0.1) is 0 Å². The first-order valence-corrected chi connectivity index (χ1v) is 10.3. The number of likely N-dealkylation sites (N-methyl/N-ethyl adjacent to an activating group) is 2. The zero-order valence-corrected chi connectivity index (χ0v) is 18.6. The third kappa shape index (κ3) is 5.88. The fourth-order valence-electron chi connectivity index (χ4n) is 3.71. The Labute approximate surface area is 183 Å². The molecule has 8 heteroatoms. The van der Waals surface area contributed by atoms with E-state index in [1.165, 1.54) is 6.08 Å². The maximum atomic E-state index is 12.6. The summed E-state index contributed by atoms with van der Waals surface area (Å²) in [7, 11) is 5.27. The van der Waals surface area contributed by atoms with Crippen molar-refractivity contribution >= 4 is 23.7 Å². The zero-order chi connectivity index (χ0) is 22.4. The van der Waals surface area contributed by atoms with Crippen molar-refractivity contribution in [2.75, 3.05) is 46.2 Å². The lowest BCUT2D eigenvalue weighted by Crippen LogP contribution is -2.37. The van der Waals surface area contributed by atoms with Gasteiger partial charge < -0.3 is 19.7 Å². The number of allylic oxidation sites excluding steroid dienone is 2. The minimum Gasteiger partial charge on any atom is -0.349 e. The summed E-state index contributed by atoms with van der Waals surface area (Å²) in [5.41, 5.74) is 2.77. The van der Waals surface area contributed by atoms with E-state index < -0.39 is 5.79 Å². The highest BCUT2D eigenvalue weighted by Crippen LogP contribution is 2.28. The Morgan fingerprint density at radius 3 is 2.97 bits per heavy atom. The average molecular weight is 427 g/mol. The second-order valence-electron chi connectivity index (χ2n) is 7.83. The van der Waals surface area contributed by atoms with Gasteiger partial charge in [0.1, 0.15) is 5.82 Å². The molecule has 0 fully saturated rings. The number of hydrogen-bond acceptors (Lipinski definition) is 6. The van der Waals surface area contributed by atoms with E-state index in [2.05, 4.69) is 10.3 Å². The van der Waals surface area contributed by atoms with Crippen molar-refractivity contribution in [2.45, 2.75) is 25.7 Å². The lowest BCUT2D eigenvalue weighted by molar-refractivity contribution is -0.185. The number of methoxy groups -OCH3 is 1. The number of nitrogens with zero attached hydrogens (tertiary/aromatic N) is 3. The number of aromatic nitrogens is 1. The standard InChI is InChI=1S/C23H30N4O4/c1-5-31-23(30-4)10-6-7-18(12-23)14-27(3)21(29)9-8-17-11-19-15-26(2)16-20(28)25-22(19)24-13-17/h6-11,13H,5,12,14-16H2,1-4H3,(H,24,25,28)/b9-8+. The third-order valence-electron chi connectivity index (χ3n) is 5.22. The lowest BCUT2D eigenvalue weighted by atomic mass is 9.98. The molecule has 0 bridgehead atoms. The smallest absolute Gasteiger partial charge is 0.246 e. The van der Waals surface area contributed by atoms with Gasteiger partial charge in [0.05, 0.1) is 6.54 Å². The topological polar surface area (TPSA) is 84.0 Å². The maximum Gasteiger partial charge on any atom is 0.246 e. The highest BCUT2D eigenvalue weighted by Gasteiger charge is 2.30. The van der Waals surface area contributed by atoms with E-state index in [1.807, 2.05) is 43.2 Å². The van der Waals surface area contributed by atoms with Crippen LogP contribution in [-0.4, -0.2) is 73.3 Å². The van der Waals surface area contributed by atoms with Crippen LogP contribution in [-0.2, 0) is 25.6 Å². The molecular weight excluding hydrogens is 396 g/mol. The summed E-state index contributed by atoms with van der Waals surface area (Å²) in [5, 5.41) is 2.81. The van der Waals surface area contributed by atoms with Gasteiger partial charge >= 0.3 is 0 Å². The predicted molar refractivity (Wildman–Crippen MR) is 119 cm³/mol. The number of hydrogen-bond donors (Lipinski definition) is 1. The summed E-state index contributed by atoms with van der Waals surface area (Å²) >= 11 is 0. The number of amides is 2. The fourth-order valence-corrected chi connectivity index (χ4v) is 3.71.